The summed E-state index contributed by atoms with van der Waals surface area (Å²) in [6.45, 7) is 5.52. The van der Waals surface area contributed by atoms with Gasteiger partial charge in [0.2, 0.25) is 0 Å². The molecule has 1 aliphatic heterocycles. The minimum absolute atomic E-state index is 0.122. The van der Waals surface area contributed by atoms with Gasteiger partial charge in [0, 0.05) is 6.54 Å². The predicted molar refractivity (Wildman–Crippen MR) is 66.5 cm³/mol. The van der Waals surface area contributed by atoms with E-state index in [0.29, 0.717) is 13.0 Å². The zero-order valence-electron chi connectivity index (χ0n) is 11.0. The fourth-order valence-electron chi connectivity index (χ4n) is 1.75. The van der Waals surface area contributed by atoms with Gasteiger partial charge >= 0.3 is 5.97 Å². The maximum Gasteiger partial charge on any atom is 0.354 e. The van der Waals surface area contributed by atoms with Crippen LogP contribution in [0, 0.1) is 0 Å². The quantitative estimate of drug-likeness (QED) is 0.586. The van der Waals surface area contributed by atoms with E-state index in [-0.39, 0.29) is 12.3 Å². The summed E-state index contributed by atoms with van der Waals surface area (Å²) in [6, 6.07) is 0. The minimum atomic E-state index is -1.63. The fraction of sp³-hybridized carbons (Fsp3) is 0.538. The van der Waals surface area contributed by atoms with Crippen LogP contribution in [0.1, 0.15) is 27.2 Å². The average molecular weight is 253 g/mol. The highest BCUT2D eigenvalue weighted by atomic mass is 16.5. The van der Waals surface area contributed by atoms with Crippen molar-refractivity contribution < 1.29 is 19.4 Å². The Labute approximate surface area is 107 Å². The van der Waals surface area contributed by atoms with Crippen molar-refractivity contribution in [2.45, 2.75) is 32.8 Å². The monoisotopic (exact) mass is 253 g/mol. The lowest BCUT2D eigenvalue weighted by molar-refractivity contribution is -0.146. The topological polar surface area (TPSA) is 66.8 Å². The van der Waals surface area contributed by atoms with Gasteiger partial charge in [-0.2, -0.15) is 0 Å². The van der Waals surface area contributed by atoms with E-state index < -0.39 is 17.5 Å². The molecule has 1 amide bonds. The summed E-state index contributed by atoms with van der Waals surface area (Å²) in [4.78, 5) is 24.9. The molecule has 1 atom stereocenters. The molecule has 5 heteroatoms. The van der Waals surface area contributed by atoms with Crippen LogP contribution < -0.4 is 0 Å². The van der Waals surface area contributed by atoms with Crippen molar-refractivity contribution in [2.24, 2.45) is 0 Å². The van der Waals surface area contributed by atoms with Crippen LogP contribution in [0.4, 0.5) is 0 Å². The van der Waals surface area contributed by atoms with Crippen molar-refractivity contribution in [3.63, 3.8) is 0 Å². The van der Waals surface area contributed by atoms with Gasteiger partial charge in [-0.15, -0.1) is 0 Å². The van der Waals surface area contributed by atoms with Crippen LogP contribution in [0.25, 0.3) is 0 Å². The maximum atomic E-state index is 11.9. The van der Waals surface area contributed by atoms with Crippen LogP contribution in [-0.4, -0.2) is 40.6 Å². The van der Waals surface area contributed by atoms with E-state index in [1.807, 2.05) is 19.1 Å². The summed E-state index contributed by atoms with van der Waals surface area (Å²) < 4.78 is 4.87. The number of hydrogen-bond donors (Lipinski definition) is 1. The van der Waals surface area contributed by atoms with Gasteiger partial charge in [0.15, 0.2) is 5.60 Å². The Bertz CT molecular complexity index is 396. The summed E-state index contributed by atoms with van der Waals surface area (Å²) in [6.07, 6.45) is 5.63. The Kier molecular flexibility index (Phi) is 4.67. The number of nitrogens with zero attached hydrogens (tertiary/aromatic N) is 1. The van der Waals surface area contributed by atoms with Crippen LogP contribution >= 0.6 is 0 Å². The molecule has 0 radical (unpaired) electrons. The first kappa shape index (κ1) is 14.4. The second-order valence-electron chi connectivity index (χ2n) is 4.21. The Morgan fingerprint density at radius 1 is 1.61 bits per heavy atom. The number of allylic oxidation sites excluding steroid dienone is 1. The number of esters is 1. The van der Waals surface area contributed by atoms with Crippen LogP contribution in [0.5, 0.6) is 0 Å². The molecule has 0 saturated carbocycles. The van der Waals surface area contributed by atoms with Gasteiger partial charge in [0.25, 0.3) is 5.91 Å². The lowest BCUT2D eigenvalue weighted by Gasteiger charge is -2.20. The van der Waals surface area contributed by atoms with Gasteiger partial charge < -0.3 is 14.7 Å². The number of carbonyl (C=O) groups excluding carboxylic acids is 2. The summed E-state index contributed by atoms with van der Waals surface area (Å²) in [5.74, 6) is -1.07. The van der Waals surface area contributed by atoms with Gasteiger partial charge in [-0.25, -0.2) is 4.79 Å². The molecular formula is C13H19NO4. The Morgan fingerprint density at radius 2 is 2.28 bits per heavy atom. The van der Waals surface area contributed by atoms with E-state index in [1.54, 1.807) is 6.92 Å². The van der Waals surface area contributed by atoms with Crippen molar-refractivity contribution in [1.29, 1.82) is 0 Å². The smallest absolute Gasteiger partial charge is 0.354 e. The standard InChI is InChI=1S/C13H19NO4/c1-4-6-7-8-14-10(11(15)18-5-2)9-13(3,17)12(14)16/h4,6,9,17H,5,7-8H2,1-3H3/b6-4+. The van der Waals surface area contributed by atoms with Gasteiger partial charge in [-0.3, -0.25) is 4.79 Å². The number of rotatable bonds is 5. The van der Waals surface area contributed by atoms with Crippen LogP contribution in [0.2, 0.25) is 0 Å². The largest absolute Gasteiger partial charge is 0.461 e. The van der Waals surface area contributed by atoms with E-state index in [0.717, 1.165) is 0 Å². The molecule has 5 nitrogen and oxygen atoms in total. The third-order valence-corrected chi connectivity index (χ3v) is 2.63. The van der Waals surface area contributed by atoms with E-state index in [4.69, 9.17) is 4.74 Å². The van der Waals surface area contributed by atoms with E-state index in [9.17, 15) is 14.7 Å². The highest BCUT2D eigenvalue weighted by Gasteiger charge is 2.43. The molecule has 0 spiro atoms. The van der Waals surface area contributed by atoms with Crippen LogP contribution in [-0.2, 0) is 14.3 Å². The number of amides is 1. The van der Waals surface area contributed by atoms with Gasteiger partial charge in [-0.1, -0.05) is 12.2 Å². The second kappa shape index (κ2) is 5.82. The van der Waals surface area contributed by atoms with E-state index in [1.165, 1.54) is 17.9 Å². The third-order valence-electron chi connectivity index (χ3n) is 2.63. The SMILES string of the molecule is C/C=C/CCN1C(=O)C(C)(O)C=C1C(=O)OCC. The zero-order valence-corrected chi connectivity index (χ0v) is 11.0. The Balaban J connectivity index is 2.88. The van der Waals surface area contributed by atoms with Crippen molar-refractivity contribution >= 4 is 11.9 Å². The lowest BCUT2D eigenvalue weighted by Crippen LogP contribution is -2.40. The fourth-order valence-corrected chi connectivity index (χ4v) is 1.75. The predicted octanol–water partition coefficient (Wildman–Crippen LogP) is 0.993. The molecule has 0 fully saturated rings. The molecule has 18 heavy (non-hydrogen) atoms. The summed E-state index contributed by atoms with van der Waals surface area (Å²) in [5, 5.41) is 9.88. The van der Waals surface area contributed by atoms with Gasteiger partial charge in [-0.05, 0) is 33.3 Å². The molecule has 0 saturated heterocycles. The van der Waals surface area contributed by atoms with Gasteiger partial charge in [0.1, 0.15) is 5.70 Å². The molecular weight excluding hydrogens is 234 g/mol. The lowest BCUT2D eigenvalue weighted by atomic mass is 10.1. The zero-order chi connectivity index (χ0) is 13.8. The first-order valence-electron chi connectivity index (χ1n) is 5.99. The molecule has 0 bridgehead atoms. The maximum absolute atomic E-state index is 11.9. The molecule has 0 aromatic carbocycles. The molecule has 0 aromatic rings. The molecule has 100 valence electrons. The highest BCUT2D eigenvalue weighted by Crippen LogP contribution is 2.26. The molecule has 1 N–H and O–H groups in total. The molecule has 0 aromatic heterocycles. The molecule has 0 aliphatic carbocycles. The normalized spacial score (nSPS) is 23.7. The van der Waals surface area contributed by atoms with Crippen molar-refractivity contribution in [1.82, 2.24) is 4.90 Å². The first-order chi connectivity index (χ1) is 8.44. The Morgan fingerprint density at radius 3 is 2.83 bits per heavy atom. The van der Waals surface area contributed by atoms with Crippen molar-refractivity contribution in [3.8, 4) is 0 Å². The molecule has 1 rings (SSSR count). The highest BCUT2D eigenvalue weighted by molar-refractivity contribution is 6.02. The molecule has 1 aliphatic rings. The van der Waals surface area contributed by atoms with Crippen LogP contribution in [0.3, 0.4) is 0 Å². The second-order valence-corrected chi connectivity index (χ2v) is 4.21. The number of ether oxygens (including phenoxy) is 1. The van der Waals surface area contributed by atoms with Crippen LogP contribution in [0.15, 0.2) is 23.9 Å². The summed E-state index contributed by atoms with van der Waals surface area (Å²) in [7, 11) is 0. The summed E-state index contributed by atoms with van der Waals surface area (Å²) >= 11 is 0. The summed E-state index contributed by atoms with van der Waals surface area (Å²) in [5.41, 5.74) is -1.51. The number of aliphatic hydroxyl groups is 1. The number of hydrogen-bond acceptors (Lipinski definition) is 4. The first-order valence-corrected chi connectivity index (χ1v) is 5.99. The minimum Gasteiger partial charge on any atom is -0.461 e. The van der Waals surface area contributed by atoms with E-state index >= 15 is 0 Å². The van der Waals surface area contributed by atoms with Gasteiger partial charge in [0.05, 0.1) is 6.61 Å². The average Bonchev–Trinajstić information content (AvgIpc) is 2.53. The number of carbonyl (C=O) groups is 2. The molecule has 1 heterocycles. The van der Waals surface area contributed by atoms with Crippen molar-refractivity contribution in [3.05, 3.63) is 23.9 Å². The Hall–Kier alpha value is -1.62. The third kappa shape index (κ3) is 2.98. The van der Waals surface area contributed by atoms with Crippen molar-refractivity contribution in [2.75, 3.05) is 13.2 Å². The molecule has 1 unspecified atom stereocenters. The van der Waals surface area contributed by atoms with E-state index in [2.05, 4.69) is 0 Å².